The quantitative estimate of drug-likeness (QED) is 0.411. The van der Waals surface area contributed by atoms with Crippen LogP contribution in [0.4, 0.5) is 13.2 Å². The number of carbonyl (C=O) groups is 1. The molecule has 0 saturated carbocycles. The normalized spacial score (nSPS) is 13.6. The number of hydrogen-bond acceptors (Lipinski definition) is 5. The van der Waals surface area contributed by atoms with Crippen LogP contribution in [0, 0.1) is 0 Å². The third kappa shape index (κ3) is 6.72. The zero-order chi connectivity index (χ0) is 25.8. The highest BCUT2D eigenvalue weighted by atomic mass is 35.5. The maximum Gasteiger partial charge on any atom is 0.416 e. The Morgan fingerprint density at radius 1 is 1.09 bits per heavy atom. The maximum absolute atomic E-state index is 13.0. The predicted molar refractivity (Wildman–Crippen MR) is 125 cm³/mol. The summed E-state index contributed by atoms with van der Waals surface area (Å²) in [7, 11) is 0. The molecule has 0 aliphatic rings. The van der Waals surface area contributed by atoms with E-state index in [2.05, 4.69) is 5.10 Å². The van der Waals surface area contributed by atoms with Crippen molar-refractivity contribution >= 4 is 29.0 Å². The Hall–Kier alpha value is -2.66. The number of hydrogen-bond donors (Lipinski definition) is 2. The van der Waals surface area contributed by atoms with Gasteiger partial charge in [0.05, 0.1) is 6.54 Å². The lowest BCUT2D eigenvalue weighted by Crippen LogP contribution is -2.37. The number of Topliss-reactive ketones (excluding diaryl/α,β-unsaturated/α-hetero) is 1. The number of ketones is 1. The van der Waals surface area contributed by atoms with E-state index in [9.17, 15) is 33.0 Å². The fourth-order valence-electron chi connectivity index (χ4n) is 3.63. The van der Waals surface area contributed by atoms with Crippen LogP contribution >= 0.6 is 23.2 Å². The molecular formula is C23H22Cl2F3N3O4. The first-order valence-electron chi connectivity index (χ1n) is 10.6. The Kier molecular flexibility index (Phi) is 8.76. The first kappa shape index (κ1) is 26.9. The Balaban J connectivity index is 1.91. The van der Waals surface area contributed by atoms with E-state index in [4.69, 9.17) is 23.2 Å². The standard InChI is InChI=1S/C23H22Cl2F3N3O4/c24-16-7-5-14(6-8-16)21-29-31(22(35)30(21)13-20(34)23(26,27)28)12-17(33)11-15(9-10-32)18-3-1-2-4-19(18)25/h1-8,15,20,32,34H,9-13H2/t15?,20-/m0/s1. The molecule has 188 valence electrons. The first-order chi connectivity index (χ1) is 16.5. The number of aromatic nitrogens is 3. The van der Waals surface area contributed by atoms with Crippen LogP contribution in [-0.2, 0) is 17.9 Å². The van der Waals surface area contributed by atoms with Crippen LogP contribution in [0.1, 0.15) is 24.3 Å². The van der Waals surface area contributed by atoms with Gasteiger partial charge in [-0.15, -0.1) is 5.10 Å². The van der Waals surface area contributed by atoms with E-state index in [-0.39, 0.29) is 30.8 Å². The van der Waals surface area contributed by atoms with Gasteiger partial charge in [0.1, 0.15) is 6.54 Å². The summed E-state index contributed by atoms with van der Waals surface area (Å²) in [4.78, 5) is 25.7. The summed E-state index contributed by atoms with van der Waals surface area (Å²) in [6, 6.07) is 12.7. The average Bonchev–Trinajstić information content (AvgIpc) is 3.09. The molecule has 0 aliphatic heterocycles. The molecule has 0 aliphatic carbocycles. The number of carbonyl (C=O) groups excluding carboxylic acids is 1. The van der Waals surface area contributed by atoms with Crippen molar-refractivity contribution in [2.75, 3.05) is 6.61 Å². The minimum atomic E-state index is -4.96. The van der Waals surface area contributed by atoms with Gasteiger partial charge in [-0.05, 0) is 48.2 Å². The molecule has 3 aromatic rings. The van der Waals surface area contributed by atoms with Gasteiger partial charge in [0.15, 0.2) is 17.7 Å². The molecule has 0 bridgehead atoms. The van der Waals surface area contributed by atoms with Crippen molar-refractivity contribution in [3.05, 3.63) is 74.6 Å². The van der Waals surface area contributed by atoms with Crippen LogP contribution < -0.4 is 5.69 Å². The zero-order valence-electron chi connectivity index (χ0n) is 18.3. The van der Waals surface area contributed by atoms with E-state index in [0.29, 0.717) is 20.2 Å². The molecule has 0 radical (unpaired) electrons. The molecule has 1 aromatic heterocycles. The van der Waals surface area contributed by atoms with Gasteiger partial charge in [0.2, 0.25) is 0 Å². The number of aliphatic hydroxyl groups excluding tert-OH is 2. The van der Waals surface area contributed by atoms with E-state index in [1.54, 1.807) is 24.3 Å². The molecule has 0 saturated heterocycles. The lowest BCUT2D eigenvalue weighted by atomic mass is 9.91. The van der Waals surface area contributed by atoms with E-state index < -0.39 is 42.8 Å². The van der Waals surface area contributed by atoms with Crippen molar-refractivity contribution in [2.45, 2.75) is 44.1 Å². The van der Waals surface area contributed by atoms with E-state index in [0.717, 1.165) is 4.68 Å². The predicted octanol–water partition coefficient (Wildman–Crippen LogP) is 4.07. The Morgan fingerprint density at radius 2 is 1.74 bits per heavy atom. The van der Waals surface area contributed by atoms with Gasteiger partial charge >= 0.3 is 11.9 Å². The Bertz CT molecular complexity index is 1230. The number of nitrogens with zero attached hydrogens (tertiary/aromatic N) is 3. The number of alkyl halides is 3. The maximum atomic E-state index is 13.0. The average molecular weight is 532 g/mol. The van der Waals surface area contributed by atoms with Crippen LogP contribution in [0.3, 0.4) is 0 Å². The van der Waals surface area contributed by atoms with Crippen molar-refractivity contribution in [1.82, 2.24) is 14.3 Å². The molecule has 2 atom stereocenters. The molecule has 2 N–H and O–H groups in total. The molecule has 0 fully saturated rings. The van der Waals surface area contributed by atoms with Gasteiger partial charge in [0.25, 0.3) is 0 Å². The summed E-state index contributed by atoms with van der Waals surface area (Å²) >= 11 is 12.1. The highest BCUT2D eigenvalue weighted by molar-refractivity contribution is 6.31. The number of rotatable bonds is 10. The van der Waals surface area contributed by atoms with Gasteiger partial charge in [0, 0.05) is 28.6 Å². The molecule has 0 amide bonds. The lowest BCUT2D eigenvalue weighted by Gasteiger charge is -2.17. The van der Waals surface area contributed by atoms with Crippen molar-refractivity contribution in [2.24, 2.45) is 0 Å². The SMILES string of the molecule is O=C(CC(CCO)c1ccccc1Cl)Cn1nc(-c2ccc(Cl)cc2)n(C[C@H](O)C(F)(F)F)c1=O. The monoisotopic (exact) mass is 531 g/mol. The highest BCUT2D eigenvalue weighted by Crippen LogP contribution is 2.30. The summed E-state index contributed by atoms with van der Waals surface area (Å²) < 4.78 is 40.4. The fraction of sp³-hybridized carbons (Fsp3) is 0.348. The zero-order valence-corrected chi connectivity index (χ0v) is 19.8. The van der Waals surface area contributed by atoms with Crippen LogP contribution in [-0.4, -0.2) is 49.2 Å². The molecule has 3 rings (SSSR count). The molecule has 0 spiro atoms. The van der Waals surface area contributed by atoms with Gasteiger partial charge < -0.3 is 10.2 Å². The van der Waals surface area contributed by atoms with E-state index >= 15 is 0 Å². The van der Waals surface area contributed by atoms with Gasteiger partial charge in [-0.1, -0.05) is 41.4 Å². The minimum Gasteiger partial charge on any atom is -0.396 e. The Morgan fingerprint density at radius 3 is 2.34 bits per heavy atom. The second-order valence-corrected chi connectivity index (χ2v) is 8.76. The fourth-order valence-corrected chi connectivity index (χ4v) is 4.05. The summed E-state index contributed by atoms with van der Waals surface area (Å²) in [5.74, 6) is -1.02. The van der Waals surface area contributed by atoms with E-state index in [1.165, 1.54) is 24.3 Å². The molecule has 7 nitrogen and oxygen atoms in total. The van der Waals surface area contributed by atoms with Crippen molar-refractivity contribution in [3.8, 4) is 11.4 Å². The summed E-state index contributed by atoms with van der Waals surface area (Å²) in [5.41, 5.74) is -0.0473. The van der Waals surface area contributed by atoms with E-state index in [1.807, 2.05) is 0 Å². The van der Waals surface area contributed by atoms with Gasteiger partial charge in [-0.25, -0.2) is 9.48 Å². The number of aliphatic hydroxyl groups is 2. The van der Waals surface area contributed by atoms with Crippen LogP contribution in [0.15, 0.2) is 53.3 Å². The van der Waals surface area contributed by atoms with Crippen molar-refractivity contribution < 1.29 is 28.2 Å². The van der Waals surface area contributed by atoms with Crippen molar-refractivity contribution in [3.63, 3.8) is 0 Å². The summed E-state index contributed by atoms with van der Waals surface area (Å²) in [5, 5.41) is 23.8. The topological polar surface area (TPSA) is 97.3 Å². The molecule has 12 heteroatoms. The van der Waals surface area contributed by atoms with Crippen LogP contribution in [0.2, 0.25) is 10.0 Å². The molecular weight excluding hydrogens is 510 g/mol. The number of benzene rings is 2. The van der Waals surface area contributed by atoms with Crippen molar-refractivity contribution in [1.29, 1.82) is 0 Å². The summed E-state index contributed by atoms with van der Waals surface area (Å²) in [6.45, 7) is -1.81. The third-order valence-corrected chi connectivity index (χ3v) is 5.98. The van der Waals surface area contributed by atoms with Crippen LogP contribution in [0.25, 0.3) is 11.4 Å². The highest BCUT2D eigenvalue weighted by Gasteiger charge is 2.39. The first-order valence-corrected chi connectivity index (χ1v) is 11.3. The Labute approximate surface area is 208 Å². The minimum absolute atomic E-state index is 0.0783. The van der Waals surface area contributed by atoms with Crippen LogP contribution in [0.5, 0.6) is 0 Å². The molecule has 2 aromatic carbocycles. The second kappa shape index (κ2) is 11.4. The third-order valence-electron chi connectivity index (χ3n) is 5.38. The molecule has 1 heterocycles. The van der Waals surface area contributed by atoms with Gasteiger partial charge in [-0.2, -0.15) is 13.2 Å². The van der Waals surface area contributed by atoms with Gasteiger partial charge in [-0.3, -0.25) is 9.36 Å². The number of halogens is 5. The molecule has 35 heavy (non-hydrogen) atoms. The largest absolute Gasteiger partial charge is 0.416 e. The molecule has 1 unspecified atom stereocenters. The second-order valence-electron chi connectivity index (χ2n) is 7.91. The summed E-state index contributed by atoms with van der Waals surface area (Å²) in [6.07, 6.45) is -7.60. The lowest BCUT2D eigenvalue weighted by molar-refractivity contribution is -0.207. The smallest absolute Gasteiger partial charge is 0.396 e.